The third-order valence-electron chi connectivity index (χ3n) is 3.81. The number of nitrogens with zero attached hydrogens (tertiary/aromatic N) is 3. The maximum atomic E-state index is 5.07. The van der Waals surface area contributed by atoms with Crippen LogP contribution < -0.4 is 5.32 Å². The molecule has 1 aromatic heterocycles. The second-order valence-electron chi connectivity index (χ2n) is 5.66. The van der Waals surface area contributed by atoms with Crippen LogP contribution in [0.3, 0.4) is 0 Å². The van der Waals surface area contributed by atoms with E-state index in [1.54, 1.807) is 11.8 Å². The van der Waals surface area contributed by atoms with Gasteiger partial charge in [-0.25, -0.2) is 0 Å². The lowest BCUT2D eigenvalue weighted by Gasteiger charge is -2.29. The monoisotopic (exact) mass is 252 g/mol. The predicted octanol–water partition coefficient (Wildman–Crippen LogP) is 1.01. The predicted molar refractivity (Wildman–Crippen MR) is 70.3 cm³/mol. The van der Waals surface area contributed by atoms with Crippen molar-refractivity contribution >= 4 is 0 Å². The molecular formula is C13H24N4O. The van der Waals surface area contributed by atoms with E-state index in [9.17, 15) is 0 Å². The molecule has 5 heteroatoms. The largest absolute Gasteiger partial charge is 0.383 e. The molecule has 0 aliphatic heterocycles. The van der Waals surface area contributed by atoms with Crippen LogP contribution >= 0.6 is 0 Å². The highest BCUT2D eigenvalue weighted by molar-refractivity contribution is 5.03. The van der Waals surface area contributed by atoms with Crippen LogP contribution in [-0.4, -0.2) is 41.8 Å². The number of hydrogen-bond donors (Lipinski definition) is 1. The van der Waals surface area contributed by atoms with E-state index < -0.39 is 0 Å². The maximum Gasteiger partial charge on any atom is 0.0833 e. The first-order valence-corrected chi connectivity index (χ1v) is 6.69. The molecule has 1 aromatic rings. The third-order valence-corrected chi connectivity index (χ3v) is 3.81. The molecule has 1 N–H and O–H groups in total. The zero-order valence-electron chi connectivity index (χ0n) is 11.6. The van der Waals surface area contributed by atoms with Gasteiger partial charge in [0.25, 0.3) is 0 Å². The molecular weight excluding hydrogens is 228 g/mol. The minimum Gasteiger partial charge on any atom is -0.383 e. The fraction of sp³-hybridized carbons (Fsp3) is 0.846. The van der Waals surface area contributed by atoms with Gasteiger partial charge in [0, 0.05) is 33.4 Å². The van der Waals surface area contributed by atoms with E-state index >= 15 is 0 Å². The quantitative estimate of drug-likeness (QED) is 0.702. The summed E-state index contributed by atoms with van der Waals surface area (Å²) in [5.74, 6) is 0.828. The lowest BCUT2D eigenvalue weighted by molar-refractivity contribution is 0.187. The second kappa shape index (κ2) is 5.80. The number of rotatable bonds is 8. The van der Waals surface area contributed by atoms with Crippen molar-refractivity contribution in [3.63, 3.8) is 0 Å². The molecule has 0 spiro atoms. The van der Waals surface area contributed by atoms with Crippen molar-refractivity contribution < 1.29 is 4.74 Å². The molecule has 1 fully saturated rings. The van der Waals surface area contributed by atoms with Crippen LogP contribution in [-0.2, 0) is 18.2 Å². The summed E-state index contributed by atoms with van der Waals surface area (Å²) < 4.78 is 6.84. The van der Waals surface area contributed by atoms with Crippen molar-refractivity contribution in [1.82, 2.24) is 20.3 Å². The number of aromatic nitrogens is 3. The Bertz CT molecular complexity index is 375. The topological polar surface area (TPSA) is 52.0 Å². The third kappa shape index (κ3) is 3.53. The maximum absolute atomic E-state index is 5.07. The molecule has 18 heavy (non-hydrogen) atoms. The first-order chi connectivity index (χ1) is 8.64. The average molecular weight is 252 g/mol. The van der Waals surface area contributed by atoms with Gasteiger partial charge in [0.2, 0.25) is 0 Å². The van der Waals surface area contributed by atoms with Crippen molar-refractivity contribution in [2.75, 3.05) is 26.8 Å². The summed E-state index contributed by atoms with van der Waals surface area (Å²) in [6, 6.07) is 0. The molecule has 0 radical (unpaired) electrons. The van der Waals surface area contributed by atoms with Gasteiger partial charge in [0.1, 0.15) is 0 Å². The number of ether oxygens (including phenoxy) is 1. The molecule has 1 atom stereocenters. The number of nitrogens with one attached hydrogen (secondary N) is 1. The normalized spacial score (nSPS) is 18.8. The van der Waals surface area contributed by atoms with E-state index in [0.717, 1.165) is 37.7 Å². The molecule has 1 aliphatic rings. The molecule has 102 valence electrons. The zero-order valence-corrected chi connectivity index (χ0v) is 11.6. The van der Waals surface area contributed by atoms with Gasteiger partial charge in [-0.1, -0.05) is 12.1 Å². The van der Waals surface area contributed by atoms with E-state index in [1.807, 2.05) is 13.2 Å². The Balaban J connectivity index is 1.89. The molecule has 1 heterocycles. The van der Waals surface area contributed by atoms with Crippen LogP contribution in [0.15, 0.2) is 6.20 Å². The highest BCUT2D eigenvalue weighted by Crippen LogP contribution is 2.46. The summed E-state index contributed by atoms with van der Waals surface area (Å²) in [5.41, 5.74) is 1.39. The molecule has 1 unspecified atom stereocenters. The molecule has 2 rings (SSSR count). The zero-order chi connectivity index (χ0) is 13.0. The van der Waals surface area contributed by atoms with Crippen molar-refractivity contribution in [2.45, 2.75) is 26.2 Å². The Morgan fingerprint density at radius 3 is 2.89 bits per heavy atom. The van der Waals surface area contributed by atoms with E-state index in [0.29, 0.717) is 5.41 Å². The van der Waals surface area contributed by atoms with Gasteiger partial charge in [-0.15, -0.1) is 5.10 Å². The standard InChI is InChI=1S/C13H24N4O/c1-13(11-4-5-11,10-14-6-7-18-3)8-12-9-17(2)16-15-12/h9,11,14H,4-8,10H2,1-3H3. The summed E-state index contributed by atoms with van der Waals surface area (Å²) in [5, 5.41) is 11.7. The fourth-order valence-electron chi connectivity index (χ4n) is 2.57. The van der Waals surface area contributed by atoms with E-state index in [-0.39, 0.29) is 0 Å². The van der Waals surface area contributed by atoms with Crippen molar-refractivity contribution in [2.24, 2.45) is 18.4 Å². The minimum atomic E-state index is 0.295. The Kier molecular flexibility index (Phi) is 4.35. The SMILES string of the molecule is COCCNCC(C)(Cc1cn(C)nn1)C1CC1. The van der Waals surface area contributed by atoms with Crippen LogP contribution in [0, 0.1) is 11.3 Å². The Hall–Kier alpha value is -0.940. The number of aryl methyl sites for hydroxylation is 1. The molecule has 0 saturated heterocycles. The minimum absolute atomic E-state index is 0.295. The van der Waals surface area contributed by atoms with Crippen molar-refractivity contribution in [3.8, 4) is 0 Å². The summed E-state index contributed by atoms with van der Waals surface area (Å²) >= 11 is 0. The second-order valence-corrected chi connectivity index (χ2v) is 5.66. The van der Waals surface area contributed by atoms with Crippen LogP contribution in [0.4, 0.5) is 0 Å². The van der Waals surface area contributed by atoms with Gasteiger partial charge in [-0.3, -0.25) is 4.68 Å². The molecule has 1 aliphatic carbocycles. The van der Waals surface area contributed by atoms with Gasteiger partial charge in [0.05, 0.1) is 12.3 Å². The highest BCUT2D eigenvalue weighted by Gasteiger charge is 2.41. The fourth-order valence-corrected chi connectivity index (χ4v) is 2.57. The van der Waals surface area contributed by atoms with E-state index in [4.69, 9.17) is 4.74 Å². The summed E-state index contributed by atoms with van der Waals surface area (Å²) in [4.78, 5) is 0. The first kappa shape index (κ1) is 13.5. The van der Waals surface area contributed by atoms with E-state index in [2.05, 4.69) is 22.6 Å². The van der Waals surface area contributed by atoms with Crippen LogP contribution in [0.1, 0.15) is 25.5 Å². The van der Waals surface area contributed by atoms with Gasteiger partial charge in [0.15, 0.2) is 0 Å². The van der Waals surface area contributed by atoms with Crippen molar-refractivity contribution in [3.05, 3.63) is 11.9 Å². The molecule has 0 aromatic carbocycles. The van der Waals surface area contributed by atoms with E-state index in [1.165, 1.54) is 12.8 Å². The summed E-state index contributed by atoms with van der Waals surface area (Å²) in [6.45, 7) is 5.07. The van der Waals surface area contributed by atoms with Crippen molar-refractivity contribution in [1.29, 1.82) is 0 Å². The molecule has 5 nitrogen and oxygen atoms in total. The lowest BCUT2D eigenvalue weighted by atomic mass is 9.80. The summed E-state index contributed by atoms with van der Waals surface area (Å²) in [7, 11) is 3.66. The molecule has 0 bridgehead atoms. The van der Waals surface area contributed by atoms with Gasteiger partial charge < -0.3 is 10.1 Å². The smallest absolute Gasteiger partial charge is 0.0833 e. The highest BCUT2D eigenvalue weighted by atomic mass is 16.5. The van der Waals surface area contributed by atoms with Crippen LogP contribution in [0.2, 0.25) is 0 Å². The van der Waals surface area contributed by atoms with Gasteiger partial charge in [-0.05, 0) is 30.6 Å². The Morgan fingerprint density at radius 1 is 1.56 bits per heavy atom. The number of methoxy groups -OCH3 is 1. The first-order valence-electron chi connectivity index (χ1n) is 6.69. The average Bonchev–Trinajstić information content (AvgIpc) is 3.11. The summed E-state index contributed by atoms with van der Waals surface area (Å²) in [6.07, 6.45) is 5.73. The van der Waals surface area contributed by atoms with Gasteiger partial charge >= 0.3 is 0 Å². The van der Waals surface area contributed by atoms with Crippen LogP contribution in [0.25, 0.3) is 0 Å². The Morgan fingerprint density at radius 2 is 2.33 bits per heavy atom. The number of hydrogen-bond acceptors (Lipinski definition) is 4. The lowest BCUT2D eigenvalue weighted by Crippen LogP contribution is -2.37. The van der Waals surface area contributed by atoms with Gasteiger partial charge in [-0.2, -0.15) is 0 Å². The van der Waals surface area contributed by atoms with Crippen LogP contribution in [0.5, 0.6) is 0 Å². The Labute approximate surface area is 109 Å². The molecule has 1 saturated carbocycles. The molecule has 0 amide bonds.